The highest BCUT2D eigenvalue weighted by molar-refractivity contribution is 5.80. The number of hydrogen-bond acceptors (Lipinski definition) is 7. The van der Waals surface area contributed by atoms with Crippen molar-refractivity contribution >= 4 is 11.1 Å². The molecule has 1 aliphatic carbocycles. The van der Waals surface area contributed by atoms with Crippen LogP contribution in [0.2, 0.25) is 0 Å². The summed E-state index contributed by atoms with van der Waals surface area (Å²) in [6.07, 6.45) is 5.32. The molecule has 0 atom stereocenters. The van der Waals surface area contributed by atoms with Crippen LogP contribution in [-0.2, 0) is 12.0 Å². The summed E-state index contributed by atoms with van der Waals surface area (Å²) in [6, 6.07) is 1.92. The van der Waals surface area contributed by atoms with Crippen molar-refractivity contribution in [2.75, 3.05) is 0 Å². The van der Waals surface area contributed by atoms with Crippen LogP contribution in [0.5, 0.6) is 0 Å². The first kappa shape index (κ1) is 12.5. The number of nitrogens with zero attached hydrogens (tertiary/aromatic N) is 4. The predicted molar refractivity (Wildman–Crippen MR) is 74.2 cm³/mol. The summed E-state index contributed by atoms with van der Waals surface area (Å²) < 4.78 is 10.5. The van der Waals surface area contributed by atoms with E-state index in [0.29, 0.717) is 17.4 Å². The topological polar surface area (TPSA) is 104 Å². The van der Waals surface area contributed by atoms with Gasteiger partial charge in [-0.2, -0.15) is 4.98 Å². The van der Waals surface area contributed by atoms with Gasteiger partial charge in [0.05, 0.1) is 22.2 Å². The molecule has 0 spiro atoms. The molecule has 2 N–H and O–H groups in total. The molecular weight excluding hydrogens is 270 g/mol. The van der Waals surface area contributed by atoms with Crippen molar-refractivity contribution in [2.45, 2.75) is 38.1 Å². The van der Waals surface area contributed by atoms with E-state index in [-0.39, 0.29) is 0 Å². The highest BCUT2D eigenvalue weighted by Crippen LogP contribution is 2.37. The zero-order valence-corrected chi connectivity index (χ0v) is 11.7. The second kappa shape index (κ2) is 4.36. The molecule has 0 aromatic carbocycles. The van der Waals surface area contributed by atoms with E-state index in [1.165, 1.54) is 0 Å². The second-order valence-corrected chi connectivity index (χ2v) is 5.49. The Morgan fingerprint density at radius 2 is 2.14 bits per heavy atom. The summed E-state index contributed by atoms with van der Waals surface area (Å²) in [5.74, 6) is 1.00. The molecule has 0 unspecified atom stereocenters. The minimum Gasteiger partial charge on any atom is -0.336 e. The normalized spacial score (nSPS) is 17.0. The van der Waals surface area contributed by atoms with Gasteiger partial charge in [-0.1, -0.05) is 17.2 Å². The Morgan fingerprint density at radius 1 is 1.29 bits per heavy atom. The average Bonchev–Trinajstić information content (AvgIpc) is 3.10. The highest BCUT2D eigenvalue weighted by Gasteiger charge is 2.39. The molecule has 1 fully saturated rings. The molecule has 21 heavy (non-hydrogen) atoms. The smallest absolute Gasteiger partial charge is 0.259 e. The van der Waals surface area contributed by atoms with E-state index in [0.717, 1.165) is 42.3 Å². The molecule has 1 saturated carbocycles. The van der Waals surface area contributed by atoms with Crippen LogP contribution in [0.15, 0.2) is 21.3 Å². The maximum absolute atomic E-state index is 6.21. The fourth-order valence-electron chi connectivity index (χ4n) is 2.58. The molecule has 4 rings (SSSR count). The number of pyridine rings is 1. The van der Waals surface area contributed by atoms with Crippen LogP contribution in [0, 0.1) is 0 Å². The van der Waals surface area contributed by atoms with E-state index in [9.17, 15) is 0 Å². The summed E-state index contributed by atoms with van der Waals surface area (Å²) >= 11 is 0. The SMILES string of the molecule is CCc1noc2ncc(-c3nc(C4(N)CCC4)no3)cc12. The van der Waals surface area contributed by atoms with Crippen LogP contribution in [0.1, 0.15) is 37.7 Å². The van der Waals surface area contributed by atoms with E-state index in [4.69, 9.17) is 14.8 Å². The molecule has 1 aliphatic rings. The molecule has 0 saturated heterocycles. The first-order chi connectivity index (χ1) is 10.2. The minimum atomic E-state index is -0.426. The van der Waals surface area contributed by atoms with Crippen molar-refractivity contribution in [2.24, 2.45) is 5.73 Å². The molecule has 7 nitrogen and oxygen atoms in total. The van der Waals surface area contributed by atoms with E-state index in [1.807, 2.05) is 13.0 Å². The van der Waals surface area contributed by atoms with Gasteiger partial charge < -0.3 is 14.8 Å². The van der Waals surface area contributed by atoms with Crippen LogP contribution >= 0.6 is 0 Å². The molecule has 108 valence electrons. The Bertz CT molecular complexity index is 803. The van der Waals surface area contributed by atoms with Crippen LogP contribution in [0.4, 0.5) is 0 Å². The van der Waals surface area contributed by atoms with E-state index >= 15 is 0 Å². The quantitative estimate of drug-likeness (QED) is 0.786. The maximum Gasteiger partial charge on any atom is 0.259 e. The average molecular weight is 285 g/mol. The third kappa shape index (κ3) is 1.84. The van der Waals surface area contributed by atoms with Gasteiger partial charge in [0.2, 0.25) is 0 Å². The third-order valence-corrected chi connectivity index (χ3v) is 4.10. The molecule has 0 amide bonds. The van der Waals surface area contributed by atoms with E-state index in [1.54, 1.807) is 6.20 Å². The monoisotopic (exact) mass is 285 g/mol. The van der Waals surface area contributed by atoms with E-state index in [2.05, 4.69) is 20.3 Å². The van der Waals surface area contributed by atoms with Gasteiger partial charge in [0.1, 0.15) is 0 Å². The molecule has 0 radical (unpaired) electrons. The van der Waals surface area contributed by atoms with Crippen LogP contribution in [0.3, 0.4) is 0 Å². The molecule has 3 heterocycles. The first-order valence-corrected chi connectivity index (χ1v) is 7.07. The molecule has 0 aliphatic heterocycles. The zero-order valence-electron chi connectivity index (χ0n) is 11.7. The van der Waals surface area contributed by atoms with Gasteiger partial charge in [-0.3, -0.25) is 0 Å². The lowest BCUT2D eigenvalue weighted by Crippen LogP contribution is -2.44. The van der Waals surface area contributed by atoms with Gasteiger partial charge in [-0.15, -0.1) is 0 Å². The number of aryl methyl sites for hydroxylation is 1. The summed E-state index contributed by atoms with van der Waals surface area (Å²) in [4.78, 5) is 8.67. The summed E-state index contributed by atoms with van der Waals surface area (Å²) in [7, 11) is 0. The zero-order chi connectivity index (χ0) is 14.4. The third-order valence-electron chi connectivity index (χ3n) is 4.10. The summed E-state index contributed by atoms with van der Waals surface area (Å²) in [6.45, 7) is 2.02. The fourth-order valence-corrected chi connectivity index (χ4v) is 2.58. The first-order valence-electron chi connectivity index (χ1n) is 7.07. The Morgan fingerprint density at radius 3 is 2.86 bits per heavy atom. The standard InChI is InChI=1S/C14H15N5O2/c1-2-10-9-6-8(7-16-12(9)21-18-10)11-17-13(19-20-11)14(15)4-3-5-14/h6-7H,2-5,15H2,1H3. The van der Waals surface area contributed by atoms with Gasteiger partial charge in [0, 0.05) is 6.20 Å². The highest BCUT2D eigenvalue weighted by atomic mass is 16.5. The Labute approximate surface area is 120 Å². The van der Waals surface area contributed by atoms with Gasteiger partial charge in [0.15, 0.2) is 5.82 Å². The molecule has 0 bridgehead atoms. The molecule has 3 aromatic rings. The Balaban J connectivity index is 1.76. The van der Waals surface area contributed by atoms with Crippen molar-refractivity contribution in [3.63, 3.8) is 0 Å². The van der Waals surface area contributed by atoms with Crippen molar-refractivity contribution in [3.05, 3.63) is 23.8 Å². The largest absolute Gasteiger partial charge is 0.336 e. The number of aromatic nitrogens is 4. The Hall–Kier alpha value is -2.28. The van der Waals surface area contributed by atoms with Crippen molar-refractivity contribution < 1.29 is 9.05 Å². The molecular formula is C14H15N5O2. The molecule has 7 heteroatoms. The fraction of sp³-hybridized carbons (Fsp3) is 0.429. The van der Waals surface area contributed by atoms with Gasteiger partial charge in [-0.05, 0) is 31.7 Å². The van der Waals surface area contributed by atoms with Crippen molar-refractivity contribution in [1.29, 1.82) is 0 Å². The lowest BCUT2D eigenvalue weighted by Gasteiger charge is -2.34. The number of rotatable bonds is 3. The van der Waals surface area contributed by atoms with Crippen LogP contribution in [0.25, 0.3) is 22.6 Å². The minimum absolute atomic E-state index is 0.426. The van der Waals surface area contributed by atoms with Crippen LogP contribution < -0.4 is 5.73 Å². The number of nitrogens with two attached hydrogens (primary N) is 1. The molecule has 3 aromatic heterocycles. The second-order valence-electron chi connectivity index (χ2n) is 5.49. The lowest BCUT2D eigenvalue weighted by atomic mass is 9.77. The lowest BCUT2D eigenvalue weighted by molar-refractivity contribution is 0.229. The van der Waals surface area contributed by atoms with Crippen LogP contribution in [-0.4, -0.2) is 20.3 Å². The summed E-state index contributed by atoms with van der Waals surface area (Å²) in [5, 5.41) is 8.89. The van der Waals surface area contributed by atoms with Gasteiger partial charge in [0.25, 0.3) is 11.6 Å². The predicted octanol–water partition coefficient (Wildman–Crippen LogP) is 2.17. The number of fused-ring (bicyclic) bond motifs is 1. The van der Waals surface area contributed by atoms with E-state index < -0.39 is 5.54 Å². The number of hydrogen-bond donors (Lipinski definition) is 1. The van der Waals surface area contributed by atoms with Crippen molar-refractivity contribution in [3.8, 4) is 11.5 Å². The Kier molecular flexibility index (Phi) is 2.58. The van der Waals surface area contributed by atoms with Gasteiger partial charge >= 0.3 is 0 Å². The summed E-state index contributed by atoms with van der Waals surface area (Å²) in [5.41, 5.74) is 7.92. The van der Waals surface area contributed by atoms with Crippen molar-refractivity contribution in [1.82, 2.24) is 20.3 Å². The van der Waals surface area contributed by atoms with Gasteiger partial charge in [-0.25, -0.2) is 4.98 Å². The maximum atomic E-state index is 6.21.